The normalized spacial score (nSPS) is 20.5. The topological polar surface area (TPSA) is 87.0 Å². The number of nitrogen functional groups attached to an aromatic ring is 1. The van der Waals surface area contributed by atoms with Crippen LogP contribution >= 0.6 is 0 Å². The second kappa shape index (κ2) is 7.94. The molecule has 1 aliphatic heterocycles. The highest BCUT2D eigenvalue weighted by molar-refractivity contribution is 7.86. The van der Waals surface area contributed by atoms with E-state index >= 15 is 0 Å². The van der Waals surface area contributed by atoms with Crippen LogP contribution in [0.3, 0.4) is 0 Å². The highest BCUT2D eigenvalue weighted by Crippen LogP contribution is 2.25. The first-order chi connectivity index (χ1) is 12.4. The van der Waals surface area contributed by atoms with Crippen molar-refractivity contribution >= 4 is 21.8 Å². The molecular formula is C18H28N4O3S. The summed E-state index contributed by atoms with van der Waals surface area (Å²) in [5, 5.41) is 0. The minimum absolute atomic E-state index is 0.0949. The lowest BCUT2D eigenvalue weighted by Gasteiger charge is -2.38. The quantitative estimate of drug-likeness (QED) is 0.803. The van der Waals surface area contributed by atoms with Gasteiger partial charge in [0.1, 0.15) is 0 Å². The van der Waals surface area contributed by atoms with Crippen molar-refractivity contribution in [2.24, 2.45) is 0 Å². The number of piperazine rings is 1. The van der Waals surface area contributed by atoms with Gasteiger partial charge in [0.15, 0.2) is 0 Å². The number of benzene rings is 1. The molecule has 7 nitrogen and oxygen atoms in total. The maximum Gasteiger partial charge on any atom is 0.282 e. The number of nitrogens with two attached hydrogens (primary N) is 1. The second-order valence-corrected chi connectivity index (χ2v) is 9.08. The van der Waals surface area contributed by atoms with Crippen molar-refractivity contribution in [2.45, 2.75) is 38.1 Å². The summed E-state index contributed by atoms with van der Waals surface area (Å²) in [6.07, 6.45) is 5.23. The van der Waals surface area contributed by atoms with Gasteiger partial charge in [-0.2, -0.15) is 17.0 Å². The van der Waals surface area contributed by atoms with Crippen LogP contribution in [0.4, 0.5) is 5.69 Å². The van der Waals surface area contributed by atoms with Crippen LogP contribution in [0.1, 0.15) is 42.5 Å². The Hall–Kier alpha value is -1.64. The average molecular weight is 381 g/mol. The van der Waals surface area contributed by atoms with Crippen molar-refractivity contribution in [3.63, 3.8) is 0 Å². The first-order valence-electron chi connectivity index (χ1n) is 9.28. The lowest BCUT2D eigenvalue weighted by atomic mass is 9.96. The maximum absolute atomic E-state index is 12.9. The third-order valence-corrected chi connectivity index (χ3v) is 7.54. The number of carbonyl (C=O) groups excluding carboxylic acids is 1. The molecule has 8 heteroatoms. The SMILES string of the molecule is CN(C1CCCCC1)S(=O)(=O)N1CCN(C(=O)c2ccccc2N)CC1. The van der Waals surface area contributed by atoms with E-state index in [0.717, 1.165) is 25.7 Å². The molecule has 0 spiro atoms. The Morgan fingerprint density at radius 2 is 1.69 bits per heavy atom. The van der Waals surface area contributed by atoms with Crippen LogP contribution < -0.4 is 5.73 Å². The Bertz CT molecular complexity index is 739. The zero-order valence-corrected chi connectivity index (χ0v) is 16.1. The first-order valence-corrected chi connectivity index (χ1v) is 10.7. The number of para-hydroxylation sites is 1. The Morgan fingerprint density at radius 3 is 2.31 bits per heavy atom. The van der Waals surface area contributed by atoms with Crippen LogP contribution in [0.5, 0.6) is 0 Å². The zero-order valence-electron chi connectivity index (χ0n) is 15.3. The minimum Gasteiger partial charge on any atom is -0.398 e. The molecule has 1 aromatic rings. The number of nitrogens with zero attached hydrogens (tertiary/aromatic N) is 3. The lowest BCUT2D eigenvalue weighted by molar-refractivity contribution is 0.0694. The molecule has 26 heavy (non-hydrogen) atoms. The highest BCUT2D eigenvalue weighted by Gasteiger charge is 2.35. The number of carbonyl (C=O) groups is 1. The molecule has 144 valence electrons. The molecule has 0 aromatic heterocycles. The number of anilines is 1. The largest absolute Gasteiger partial charge is 0.398 e. The molecule has 0 unspecified atom stereocenters. The Balaban J connectivity index is 1.62. The number of hydrogen-bond donors (Lipinski definition) is 1. The van der Waals surface area contributed by atoms with Crippen molar-refractivity contribution < 1.29 is 13.2 Å². The highest BCUT2D eigenvalue weighted by atomic mass is 32.2. The molecule has 2 aliphatic rings. The van der Waals surface area contributed by atoms with E-state index in [0.29, 0.717) is 37.4 Å². The Labute approximate surface area is 155 Å². The van der Waals surface area contributed by atoms with Crippen LogP contribution in [-0.2, 0) is 10.2 Å². The molecule has 1 saturated carbocycles. The van der Waals surface area contributed by atoms with Gasteiger partial charge >= 0.3 is 0 Å². The van der Waals surface area contributed by atoms with Gasteiger partial charge in [-0.05, 0) is 25.0 Å². The van der Waals surface area contributed by atoms with Crippen LogP contribution in [0.2, 0.25) is 0 Å². The molecule has 1 amide bonds. The molecule has 0 bridgehead atoms. The molecule has 0 radical (unpaired) electrons. The van der Waals surface area contributed by atoms with Crippen molar-refractivity contribution in [1.29, 1.82) is 0 Å². The molecule has 2 fully saturated rings. The van der Waals surface area contributed by atoms with Crippen molar-refractivity contribution in [2.75, 3.05) is 39.0 Å². The fourth-order valence-corrected chi connectivity index (χ4v) is 5.38. The fraction of sp³-hybridized carbons (Fsp3) is 0.611. The van der Waals surface area contributed by atoms with Crippen LogP contribution in [0.15, 0.2) is 24.3 Å². The molecule has 0 atom stereocenters. The number of rotatable bonds is 4. The van der Waals surface area contributed by atoms with E-state index in [1.54, 1.807) is 40.5 Å². The van der Waals surface area contributed by atoms with Gasteiger partial charge in [-0.15, -0.1) is 0 Å². The average Bonchev–Trinajstić information content (AvgIpc) is 2.68. The van der Waals surface area contributed by atoms with Gasteiger partial charge in [0.2, 0.25) is 0 Å². The second-order valence-electron chi connectivity index (χ2n) is 7.09. The van der Waals surface area contributed by atoms with Gasteiger partial charge in [-0.25, -0.2) is 0 Å². The molecule has 1 aliphatic carbocycles. The summed E-state index contributed by atoms with van der Waals surface area (Å²) >= 11 is 0. The van der Waals surface area contributed by atoms with Crippen LogP contribution in [0.25, 0.3) is 0 Å². The third kappa shape index (κ3) is 3.87. The van der Waals surface area contributed by atoms with E-state index in [1.165, 1.54) is 10.7 Å². The van der Waals surface area contributed by atoms with Crippen LogP contribution in [0, 0.1) is 0 Å². The Kier molecular flexibility index (Phi) is 5.84. The van der Waals surface area contributed by atoms with Crippen molar-refractivity contribution in [3.8, 4) is 0 Å². The zero-order chi connectivity index (χ0) is 18.7. The summed E-state index contributed by atoms with van der Waals surface area (Å²) in [6, 6.07) is 7.07. The summed E-state index contributed by atoms with van der Waals surface area (Å²) in [7, 11) is -1.79. The Morgan fingerprint density at radius 1 is 1.08 bits per heavy atom. The van der Waals surface area contributed by atoms with Gasteiger partial charge in [-0.3, -0.25) is 4.79 Å². The lowest BCUT2D eigenvalue weighted by Crippen LogP contribution is -2.55. The van der Waals surface area contributed by atoms with Crippen LogP contribution in [-0.4, -0.2) is 67.1 Å². The molecule has 3 rings (SSSR count). The fourth-order valence-electron chi connectivity index (χ4n) is 3.80. The van der Waals surface area contributed by atoms with E-state index in [-0.39, 0.29) is 11.9 Å². The summed E-state index contributed by atoms with van der Waals surface area (Å²) in [4.78, 5) is 14.3. The molecule has 1 heterocycles. The number of hydrogen-bond acceptors (Lipinski definition) is 4. The molecule has 1 aromatic carbocycles. The van der Waals surface area contributed by atoms with Gasteiger partial charge < -0.3 is 10.6 Å². The van der Waals surface area contributed by atoms with Gasteiger partial charge in [0.25, 0.3) is 16.1 Å². The summed E-state index contributed by atoms with van der Waals surface area (Å²) in [5.74, 6) is -0.138. The van der Waals surface area contributed by atoms with E-state index in [4.69, 9.17) is 5.73 Å². The summed E-state index contributed by atoms with van der Waals surface area (Å²) in [5.41, 5.74) is 6.81. The standard InChI is InChI=1S/C18H28N4O3S/c1-20(15-7-3-2-4-8-15)26(24,25)22-13-11-21(12-14-22)18(23)16-9-5-6-10-17(16)19/h5-6,9-10,15H,2-4,7-8,11-14,19H2,1H3. The molecule has 2 N–H and O–H groups in total. The predicted octanol–water partition coefficient (Wildman–Crippen LogP) is 1.54. The molecular weight excluding hydrogens is 352 g/mol. The van der Waals surface area contributed by atoms with E-state index < -0.39 is 10.2 Å². The van der Waals surface area contributed by atoms with E-state index in [1.807, 2.05) is 0 Å². The van der Waals surface area contributed by atoms with Crippen molar-refractivity contribution in [1.82, 2.24) is 13.5 Å². The summed E-state index contributed by atoms with van der Waals surface area (Å²) in [6.45, 7) is 1.39. The van der Waals surface area contributed by atoms with Crippen molar-refractivity contribution in [3.05, 3.63) is 29.8 Å². The number of amides is 1. The first kappa shape index (κ1) is 19.1. The monoisotopic (exact) mass is 380 g/mol. The minimum atomic E-state index is -3.48. The van der Waals surface area contributed by atoms with Gasteiger partial charge in [-0.1, -0.05) is 31.4 Å². The van der Waals surface area contributed by atoms with Gasteiger partial charge in [0, 0.05) is 45.0 Å². The van der Waals surface area contributed by atoms with E-state index in [9.17, 15) is 13.2 Å². The van der Waals surface area contributed by atoms with Gasteiger partial charge in [0.05, 0.1) is 5.56 Å². The third-order valence-electron chi connectivity index (χ3n) is 5.50. The molecule has 1 saturated heterocycles. The van der Waals surface area contributed by atoms with E-state index in [2.05, 4.69) is 0 Å². The summed E-state index contributed by atoms with van der Waals surface area (Å²) < 4.78 is 28.9. The predicted molar refractivity (Wildman–Crippen MR) is 102 cm³/mol. The maximum atomic E-state index is 12.9. The smallest absolute Gasteiger partial charge is 0.282 e.